The van der Waals surface area contributed by atoms with Gasteiger partial charge in [-0.25, -0.2) is 0 Å². The van der Waals surface area contributed by atoms with Crippen molar-refractivity contribution in [2.45, 2.75) is 19.4 Å². The first-order valence-electron chi connectivity index (χ1n) is 5.25. The van der Waals surface area contributed by atoms with Gasteiger partial charge in [0.05, 0.1) is 31.9 Å². The highest BCUT2D eigenvalue weighted by Gasteiger charge is 2.30. The zero-order chi connectivity index (χ0) is 11.7. The molecule has 0 aliphatic carbocycles. The lowest BCUT2D eigenvalue weighted by atomic mass is 10.2. The second-order valence-corrected chi connectivity index (χ2v) is 4.04. The van der Waals surface area contributed by atoms with Crippen molar-refractivity contribution >= 4 is 11.6 Å². The molecule has 0 saturated carbocycles. The third-order valence-electron chi connectivity index (χ3n) is 2.73. The first-order chi connectivity index (χ1) is 7.61. The largest absolute Gasteiger partial charge is 0.495 e. The van der Waals surface area contributed by atoms with E-state index in [-0.39, 0.29) is 12.3 Å². The van der Waals surface area contributed by atoms with Crippen LogP contribution in [-0.4, -0.2) is 30.8 Å². The Balaban J connectivity index is 2.39. The molecule has 1 aromatic carbocycles. The van der Waals surface area contributed by atoms with Gasteiger partial charge in [-0.2, -0.15) is 0 Å². The Morgan fingerprint density at radius 2 is 2.25 bits per heavy atom. The lowest BCUT2D eigenvalue weighted by Crippen LogP contribution is -2.25. The molecule has 1 heterocycles. The SMILES string of the molecule is COc1ccc(C)cc1N1CC(O)CC1=O. The number of hydrogen-bond donors (Lipinski definition) is 1. The standard InChI is InChI=1S/C12H15NO3/c1-8-3-4-11(16-2)10(5-8)13-7-9(14)6-12(13)15/h3-5,9,14H,6-7H2,1-2H3. The molecule has 1 amide bonds. The number of aliphatic hydroxyl groups is 1. The Labute approximate surface area is 94.4 Å². The van der Waals surface area contributed by atoms with Gasteiger partial charge in [-0.05, 0) is 24.6 Å². The maximum Gasteiger partial charge on any atom is 0.229 e. The molecule has 1 unspecified atom stereocenters. The fourth-order valence-corrected chi connectivity index (χ4v) is 1.93. The van der Waals surface area contributed by atoms with Crippen molar-refractivity contribution in [3.63, 3.8) is 0 Å². The molecule has 1 aliphatic rings. The number of carbonyl (C=O) groups is 1. The summed E-state index contributed by atoms with van der Waals surface area (Å²) >= 11 is 0. The van der Waals surface area contributed by atoms with E-state index in [0.717, 1.165) is 11.3 Å². The number of nitrogens with zero attached hydrogens (tertiary/aromatic N) is 1. The third kappa shape index (κ3) is 1.88. The summed E-state index contributed by atoms with van der Waals surface area (Å²) in [7, 11) is 1.57. The second kappa shape index (κ2) is 4.14. The van der Waals surface area contributed by atoms with Crippen LogP contribution in [0.4, 0.5) is 5.69 Å². The molecule has 4 heteroatoms. The molecule has 0 spiro atoms. The summed E-state index contributed by atoms with van der Waals surface area (Å²) in [4.78, 5) is 13.3. The molecule has 0 radical (unpaired) electrons. The highest BCUT2D eigenvalue weighted by atomic mass is 16.5. The fourth-order valence-electron chi connectivity index (χ4n) is 1.93. The summed E-state index contributed by atoms with van der Waals surface area (Å²) in [5.74, 6) is 0.601. The van der Waals surface area contributed by atoms with Gasteiger partial charge in [0.15, 0.2) is 0 Å². The number of rotatable bonds is 2. The molecule has 1 aromatic rings. The maximum atomic E-state index is 11.7. The van der Waals surface area contributed by atoms with E-state index in [0.29, 0.717) is 12.3 Å². The molecule has 1 saturated heterocycles. The van der Waals surface area contributed by atoms with E-state index in [2.05, 4.69) is 0 Å². The lowest BCUT2D eigenvalue weighted by molar-refractivity contribution is -0.117. The van der Waals surface area contributed by atoms with E-state index in [1.54, 1.807) is 12.0 Å². The predicted octanol–water partition coefficient (Wildman–Crippen LogP) is 1.10. The highest BCUT2D eigenvalue weighted by Crippen LogP contribution is 2.32. The van der Waals surface area contributed by atoms with Crippen molar-refractivity contribution in [1.29, 1.82) is 0 Å². The molecule has 86 valence electrons. The normalized spacial score (nSPS) is 20.3. The number of methoxy groups -OCH3 is 1. The number of ether oxygens (including phenoxy) is 1. The molecule has 4 nitrogen and oxygen atoms in total. The van der Waals surface area contributed by atoms with E-state index >= 15 is 0 Å². The monoisotopic (exact) mass is 221 g/mol. The van der Waals surface area contributed by atoms with Crippen molar-refractivity contribution in [1.82, 2.24) is 0 Å². The molecule has 1 aliphatic heterocycles. The second-order valence-electron chi connectivity index (χ2n) is 4.04. The molecule has 1 N–H and O–H groups in total. The quantitative estimate of drug-likeness (QED) is 0.813. The van der Waals surface area contributed by atoms with Gasteiger partial charge >= 0.3 is 0 Å². The Bertz CT molecular complexity index is 417. The number of benzene rings is 1. The van der Waals surface area contributed by atoms with E-state index in [9.17, 15) is 9.90 Å². The minimum absolute atomic E-state index is 0.0589. The van der Waals surface area contributed by atoms with Crippen LogP contribution in [0.1, 0.15) is 12.0 Å². The number of aryl methyl sites for hydroxylation is 1. The van der Waals surface area contributed by atoms with Crippen molar-refractivity contribution in [2.24, 2.45) is 0 Å². The Hall–Kier alpha value is -1.55. The Morgan fingerprint density at radius 3 is 2.81 bits per heavy atom. The first kappa shape index (κ1) is 11.0. The molecular formula is C12H15NO3. The first-order valence-corrected chi connectivity index (χ1v) is 5.25. The van der Waals surface area contributed by atoms with Crippen molar-refractivity contribution in [3.05, 3.63) is 23.8 Å². The fraction of sp³-hybridized carbons (Fsp3) is 0.417. The average Bonchev–Trinajstić information content (AvgIpc) is 2.57. The van der Waals surface area contributed by atoms with E-state index in [4.69, 9.17) is 4.74 Å². The number of amides is 1. The van der Waals surface area contributed by atoms with Crippen LogP contribution < -0.4 is 9.64 Å². The molecule has 0 aromatic heterocycles. The summed E-state index contributed by atoms with van der Waals surface area (Å²) < 4.78 is 5.22. The number of hydrogen-bond acceptors (Lipinski definition) is 3. The molecule has 0 bridgehead atoms. The minimum Gasteiger partial charge on any atom is -0.495 e. The van der Waals surface area contributed by atoms with Crippen LogP contribution in [0.3, 0.4) is 0 Å². The number of anilines is 1. The molecule has 1 atom stereocenters. The van der Waals surface area contributed by atoms with Crippen molar-refractivity contribution < 1.29 is 14.6 Å². The molecular weight excluding hydrogens is 206 g/mol. The average molecular weight is 221 g/mol. The van der Waals surface area contributed by atoms with E-state index < -0.39 is 6.10 Å². The lowest BCUT2D eigenvalue weighted by Gasteiger charge is -2.19. The van der Waals surface area contributed by atoms with Crippen molar-refractivity contribution in [3.8, 4) is 5.75 Å². The zero-order valence-corrected chi connectivity index (χ0v) is 9.43. The molecule has 1 fully saturated rings. The summed E-state index contributed by atoms with van der Waals surface area (Å²) in [6, 6.07) is 5.66. The zero-order valence-electron chi connectivity index (χ0n) is 9.43. The van der Waals surface area contributed by atoms with Crippen LogP contribution >= 0.6 is 0 Å². The van der Waals surface area contributed by atoms with Crippen LogP contribution in [0.2, 0.25) is 0 Å². The molecule has 16 heavy (non-hydrogen) atoms. The number of carbonyl (C=O) groups excluding carboxylic acids is 1. The Kier molecular flexibility index (Phi) is 2.83. The summed E-state index contributed by atoms with van der Waals surface area (Å²) in [6.45, 7) is 2.30. The topological polar surface area (TPSA) is 49.8 Å². The Morgan fingerprint density at radius 1 is 1.50 bits per heavy atom. The van der Waals surface area contributed by atoms with Gasteiger partial charge in [0.1, 0.15) is 5.75 Å². The van der Waals surface area contributed by atoms with Gasteiger partial charge in [0, 0.05) is 0 Å². The third-order valence-corrected chi connectivity index (χ3v) is 2.73. The van der Waals surface area contributed by atoms with Crippen LogP contribution in [0.15, 0.2) is 18.2 Å². The van der Waals surface area contributed by atoms with E-state index in [1.807, 2.05) is 25.1 Å². The summed E-state index contributed by atoms with van der Waals surface area (Å²) in [5.41, 5.74) is 1.80. The van der Waals surface area contributed by atoms with Gasteiger partial charge < -0.3 is 14.7 Å². The molecule has 2 rings (SSSR count). The van der Waals surface area contributed by atoms with Gasteiger partial charge in [-0.3, -0.25) is 4.79 Å². The number of β-amino-alcohol motifs (C(OH)–C–C–N with tert-alkyl or cyclic N) is 1. The summed E-state index contributed by atoms with van der Waals surface area (Å²) in [5, 5.41) is 9.46. The van der Waals surface area contributed by atoms with Gasteiger partial charge in [0.25, 0.3) is 0 Å². The highest BCUT2D eigenvalue weighted by molar-refractivity contribution is 5.97. The number of aliphatic hydroxyl groups excluding tert-OH is 1. The van der Waals surface area contributed by atoms with Gasteiger partial charge in [0.2, 0.25) is 5.91 Å². The van der Waals surface area contributed by atoms with Gasteiger partial charge in [-0.1, -0.05) is 6.07 Å². The summed E-state index contributed by atoms with van der Waals surface area (Å²) in [6.07, 6.45) is -0.380. The van der Waals surface area contributed by atoms with E-state index in [1.165, 1.54) is 0 Å². The minimum atomic E-state index is -0.572. The van der Waals surface area contributed by atoms with Crippen molar-refractivity contribution in [2.75, 3.05) is 18.6 Å². The van der Waals surface area contributed by atoms with Crippen LogP contribution in [-0.2, 0) is 4.79 Å². The maximum absolute atomic E-state index is 11.7. The van der Waals surface area contributed by atoms with Crippen LogP contribution in [0.5, 0.6) is 5.75 Å². The smallest absolute Gasteiger partial charge is 0.229 e. The predicted molar refractivity (Wildman–Crippen MR) is 60.7 cm³/mol. The van der Waals surface area contributed by atoms with Crippen LogP contribution in [0, 0.1) is 6.92 Å². The van der Waals surface area contributed by atoms with Gasteiger partial charge in [-0.15, -0.1) is 0 Å². The van der Waals surface area contributed by atoms with Crippen LogP contribution in [0.25, 0.3) is 0 Å².